The zero-order chi connectivity index (χ0) is 12.9. The number of aryl methyl sites for hydroxylation is 1. The van der Waals surface area contributed by atoms with E-state index in [2.05, 4.69) is 12.6 Å². The second-order valence-electron chi connectivity index (χ2n) is 5.06. The lowest BCUT2D eigenvalue weighted by Gasteiger charge is -2.19. The molecule has 17 heavy (non-hydrogen) atoms. The molecule has 0 unspecified atom stereocenters. The van der Waals surface area contributed by atoms with Gasteiger partial charge in [0.1, 0.15) is 5.60 Å². The number of thiol groups is 1. The van der Waals surface area contributed by atoms with Crippen LogP contribution in [-0.2, 0) is 21.7 Å². The SMILES string of the molecule is CC(C)(C)OC(=O)CCc1ccc(CS)cc1. The highest BCUT2D eigenvalue weighted by Gasteiger charge is 2.15. The van der Waals surface area contributed by atoms with Crippen LogP contribution in [0.3, 0.4) is 0 Å². The molecule has 1 aromatic rings. The van der Waals surface area contributed by atoms with Crippen molar-refractivity contribution in [1.82, 2.24) is 0 Å². The van der Waals surface area contributed by atoms with E-state index in [-0.39, 0.29) is 5.97 Å². The molecule has 0 amide bonds. The Bertz CT molecular complexity index is 363. The molecular weight excluding hydrogens is 232 g/mol. The third kappa shape index (κ3) is 5.78. The minimum atomic E-state index is -0.396. The molecule has 0 radical (unpaired) electrons. The third-order valence-electron chi connectivity index (χ3n) is 2.24. The normalized spacial score (nSPS) is 11.3. The van der Waals surface area contributed by atoms with Crippen LogP contribution in [0.5, 0.6) is 0 Å². The first kappa shape index (κ1) is 14.1. The minimum Gasteiger partial charge on any atom is -0.460 e. The van der Waals surface area contributed by atoms with Crippen LogP contribution in [0, 0.1) is 0 Å². The molecule has 2 nitrogen and oxygen atoms in total. The summed E-state index contributed by atoms with van der Waals surface area (Å²) in [5, 5.41) is 0. The first-order chi connectivity index (χ1) is 7.90. The zero-order valence-corrected chi connectivity index (χ0v) is 11.6. The summed E-state index contributed by atoms with van der Waals surface area (Å²) in [5.41, 5.74) is 1.95. The Balaban J connectivity index is 2.42. The summed E-state index contributed by atoms with van der Waals surface area (Å²) < 4.78 is 5.25. The van der Waals surface area contributed by atoms with Crippen LogP contribution in [0.15, 0.2) is 24.3 Å². The van der Waals surface area contributed by atoms with Gasteiger partial charge in [-0.2, -0.15) is 12.6 Å². The number of esters is 1. The lowest BCUT2D eigenvalue weighted by molar-refractivity contribution is -0.154. The van der Waals surface area contributed by atoms with E-state index in [4.69, 9.17) is 4.74 Å². The topological polar surface area (TPSA) is 26.3 Å². The maximum atomic E-state index is 11.5. The van der Waals surface area contributed by atoms with Crippen molar-refractivity contribution >= 4 is 18.6 Å². The van der Waals surface area contributed by atoms with Crippen LogP contribution in [0.4, 0.5) is 0 Å². The summed E-state index contributed by atoms with van der Waals surface area (Å²) in [7, 11) is 0. The molecule has 0 aliphatic heterocycles. The first-order valence-corrected chi connectivity index (χ1v) is 6.44. The molecule has 3 heteroatoms. The van der Waals surface area contributed by atoms with Crippen LogP contribution in [0.1, 0.15) is 38.3 Å². The fourth-order valence-electron chi connectivity index (χ4n) is 1.45. The van der Waals surface area contributed by atoms with Crippen LogP contribution >= 0.6 is 12.6 Å². The Hall–Kier alpha value is -0.960. The monoisotopic (exact) mass is 252 g/mol. The van der Waals surface area contributed by atoms with Crippen LogP contribution in [-0.4, -0.2) is 11.6 Å². The van der Waals surface area contributed by atoms with Crippen molar-refractivity contribution < 1.29 is 9.53 Å². The summed E-state index contributed by atoms with van der Waals surface area (Å²) in [4.78, 5) is 11.5. The van der Waals surface area contributed by atoms with Gasteiger partial charge in [-0.05, 0) is 38.3 Å². The highest BCUT2D eigenvalue weighted by molar-refractivity contribution is 7.79. The average Bonchev–Trinajstić information content (AvgIpc) is 2.25. The molecule has 0 N–H and O–H groups in total. The van der Waals surface area contributed by atoms with Crippen LogP contribution in [0.2, 0.25) is 0 Å². The summed E-state index contributed by atoms with van der Waals surface area (Å²) >= 11 is 4.20. The van der Waals surface area contributed by atoms with Gasteiger partial charge in [0.25, 0.3) is 0 Å². The van der Waals surface area contributed by atoms with Gasteiger partial charge in [0.2, 0.25) is 0 Å². The Morgan fingerprint density at radius 1 is 1.18 bits per heavy atom. The fourth-order valence-corrected chi connectivity index (χ4v) is 1.66. The predicted octanol–water partition coefficient (Wildman–Crippen LogP) is 3.39. The second-order valence-corrected chi connectivity index (χ2v) is 5.38. The number of rotatable bonds is 4. The van der Waals surface area contributed by atoms with Gasteiger partial charge in [-0.1, -0.05) is 24.3 Å². The highest BCUT2D eigenvalue weighted by atomic mass is 32.1. The lowest BCUT2D eigenvalue weighted by atomic mass is 10.1. The van der Waals surface area contributed by atoms with Gasteiger partial charge in [0.05, 0.1) is 0 Å². The van der Waals surface area contributed by atoms with Crippen LogP contribution in [0.25, 0.3) is 0 Å². The quantitative estimate of drug-likeness (QED) is 0.656. The van der Waals surface area contributed by atoms with E-state index in [1.54, 1.807) is 0 Å². The summed E-state index contributed by atoms with van der Waals surface area (Å²) in [6.45, 7) is 5.64. The molecule has 0 aliphatic carbocycles. The highest BCUT2D eigenvalue weighted by Crippen LogP contribution is 2.12. The second kappa shape index (κ2) is 6.10. The largest absolute Gasteiger partial charge is 0.460 e. The van der Waals surface area contributed by atoms with E-state index < -0.39 is 5.60 Å². The maximum absolute atomic E-state index is 11.5. The molecular formula is C14H20O2S. The van der Waals surface area contributed by atoms with E-state index >= 15 is 0 Å². The van der Waals surface area contributed by atoms with Crippen molar-refractivity contribution in [2.45, 2.75) is 45.0 Å². The number of hydrogen-bond acceptors (Lipinski definition) is 3. The van der Waals surface area contributed by atoms with Gasteiger partial charge in [-0.25, -0.2) is 0 Å². The van der Waals surface area contributed by atoms with Crippen molar-refractivity contribution in [2.75, 3.05) is 0 Å². The molecule has 1 aromatic carbocycles. The number of ether oxygens (including phenoxy) is 1. The fraction of sp³-hybridized carbons (Fsp3) is 0.500. The molecule has 0 fully saturated rings. The Morgan fingerprint density at radius 3 is 2.18 bits per heavy atom. The standard InChI is InChI=1S/C14H20O2S/c1-14(2,3)16-13(15)9-8-11-4-6-12(10-17)7-5-11/h4-7,17H,8-10H2,1-3H3. The number of hydrogen-bond donors (Lipinski definition) is 1. The Morgan fingerprint density at radius 2 is 1.71 bits per heavy atom. The molecule has 0 aromatic heterocycles. The zero-order valence-electron chi connectivity index (χ0n) is 10.7. The lowest BCUT2D eigenvalue weighted by Crippen LogP contribution is -2.23. The molecule has 0 atom stereocenters. The van der Waals surface area contributed by atoms with E-state index in [1.807, 2.05) is 45.0 Å². The van der Waals surface area contributed by atoms with E-state index in [9.17, 15) is 4.79 Å². The molecule has 0 aliphatic rings. The van der Waals surface area contributed by atoms with Crippen molar-refractivity contribution in [1.29, 1.82) is 0 Å². The van der Waals surface area contributed by atoms with Gasteiger partial charge in [-0.15, -0.1) is 0 Å². The average molecular weight is 252 g/mol. The smallest absolute Gasteiger partial charge is 0.306 e. The molecule has 0 bridgehead atoms. The van der Waals surface area contributed by atoms with Crippen molar-refractivity contribution in [3.05, 3.63) is 35.4 Å². The Kier molecular flexibility index (Phi) is 5.06. The molecule has 94 valence electrons. The third-order valence-corrected chi connectivity index (χ3v) is 2.61. The summed E-state index contributed by atoms with van der Waals surface area (Å²) in [5.74, 6) is 0.600. The van der Waals surface area contributed by atoms with Crippen molar-refractivity contribution in [2.24, 2.45) is 0 Å². The van der Waals surface area contributed by atoms with Gasteiger partial charge in [0.15, 0.2) is 0 Å². The maximum Gasteiger partial charge on any atom is 0.306 e. The van der Waals surface area contributed by atoms with Gasteiger partial charge in [0, 0.05) is 12.2 Å². The summed E-state index contributed by atoms with van der Waals surface area (Å²) in [6.07, 6.45) is 1.15. The van der Waals surface area contributed by atoms with E-state index in [0.29, 0.717) is 6.42 Å². The van der Waals surface area contributed by atoms with Crippen molar-refractivity contribution in [3.63, 3.8) is 0 Å². The first-order valence-electron chi connectivity index (χ1n) is 5.81. The minimum absolute atomic E-state index is 0.143. The number of carbonyl (C=O) groups excluding carboxylic acids is 1. The van der Waals surface area contributed by atoms with Gasteiger partial charge < -0.3 is 4.74 Å². The van der Waals surface area contributed by atoms with Gasteiger partial charge >= 0.3 is 5.97 Å². The summed E-state index contributed by atoms with van der Waals surface area (Å²) in [6, 6.07) is 8.15. The molecule has 0 saturated heterocycles. The predicted molar refractivity (Wildman–Crippen MR) is 73.3 cm³/mol. The van der Waals surface area contributed by atoms with E-state index in [1.165, 1.54) is 5.56 Å². The molecule has 0 heterocycles. The van der Waals surface area contributed by atoms with Crippen molar-refractivity contribution in [3.8, 4) is 0 Å². The number of benzene rings is 1. The van der Waals surface area contributed by atoms with Gasteiger partial charge in [-0.3, -0.25) is 4.79 Å². The molecule has 0 spiro atoms. The molecule has 0 saturated carbocycles. The molecule has 1 rings (SSSR count). The van der Waals surface area contributed by atoms with E-state index in [0.717, 1.165) is 17.7 Å². The number of carbonyl (C=O) groups is 1. The Labute approximate surface area is 109 Å². The van der Waals surface area contributed by atoms with Crippen LogP contribution < -0.4 is 0 Å².